The number of carbonyl (C=O) groups is 1. The normalized spacial score (nSPS) is 10.1. The van der Waals surface area contributed by atoms with E-state index in [9.17, 15) is 4.79 Å². The first-order chi connectivity index (χ1) is 6.83. The molecule has 0 aliphatic carbocycles. The van der Waals surface area contributed by atoms with E-state index < -0.39 is 5.97 Å². The van der Waals surface area contributed by atoms with Crippen molar-refractivity contribution in [2.75, 3.05) is 7.11 Å². The predicted molar refractivity (Wildman–Crippen MR) is 50.0 cm³/mol. The van der Waals surface area contributed by atoms with Gasteiger partial charge in [-0.25, -0.2) is 4.79 Å². The third-order valence-electron chi connectivity index (χ3n) is 1.45. The first kappa shape index (κ1) is 10.2. The summed E-state index contributed by atoms with van der Waals surface area (Å²) >= 11 is 0. The maximum atomic E-state index is 10.6. The highest BCUT2D eigenvalue weighted by Crippen LogP contribution is 1.89. The molecule has 0 atom stereocenters. The summed E-state index contributed by atoms with van der Waals surface area (Å²) in [5, 5.41) is 10.4. The Hall–Kier alpha value is -1.91. The molecule has 1 heterocycles. The van der Waals surface area contributed by atoms with Gasteiger partial charge in [0.2, 0.25) is 0 Å². The molecule has 74 valence electrons. The number of rotatable bonds is 4. The fourth-order valence-corrected chi connectivity index (χ4v) is 0.786. The molecule has 0 bridgehead atoms. The number of esters is 1. The number of nitrogens with one attached hydrogen (secondary N) is 1. The molecular formula is C9H11N3O2. The molecule has 0 amide bonds. The highest BCUT2D eigenvalue weighted by molar-refractivity contribution is 5.81. The van der Waals surface area contributed by atoms with Crippen molar-refractivity contribution in [3.63, 3.8) is 0 Å². The summed E-state index contributed by atoms with van der Waals surface area (Å²) in [5.41, 5.74) is 0.807. The Labute approximate surface area is 81.8 Å². The van der Waals surface area contributed by atoms with E-state index in [1.807, 2.05) is 6.07 Å². The monoisotopic (exact) mass is 193 g/mol. The highest BCUT2D eigenvalue weighted by Gasteiger charge is 1.91. The van der Waals surface area contributed by atoms with Crippen LogP contribution in [-0.2, 0) is 16.1 Å². The number of hydrogen-bond acceptors (Lipinski definition) is 5. The van der Waals surface area contributed by atoms with Gasteiger partial charge in [-0.1, -0.05) is 0 Å². The fraction of sp³-hybridized carbons (Fsp3) is 0.222. The van der Waals surface area contributed by atoms with E-state index >= 15 is 0 Å². The van der Waals surface area contributed by atoms with E-state index in [2.05, 4.69) is 20.3 Å². The summed E-state index contributed by atoms with van der Waals surface area (Å²) in [6.45, 7) is 0.529. The van der Waals surface area contributed by atoms with Gasteiger partial charge in [-0.2, -0.15) is 10.2 Å². The molecule has 0 unspecified atom stereocenters. The summed E-state index contributed by atoms with van der Waals surface area (Å²) in [4.78, 5) is 10.6. The molecule has 0 radical (unpaired) electrons. The van der Waals surface area contributed by atoms with Crippen molar-refractivity contribution < 1.29 is 9.53 Å². The van der Waals surface area contributed by atoms with Crippen LogP contribution in [0.5, 0.6) is 0 Å². The molecule has 1 aromatic heterocycles. The lowest BCUT2D eigenvalue weighted by atomic mass is 10.4. The summed E-state index contributed by atoms with van der Waals surface area (Å²) in [6, 6.07) is 3.64. The van der Waals surface area contributed by atoms with E-state index in [1.54, 1.807) is 12.3 Å². The fourth-order valence-electron chi connectivity index (χ4n) is 0.786. The molecule has 0 aliphatic heterocycles. The van der Waals surface area contributed by atoms with E-state index in [4.69, 9.17) is 0 Å². The minimum Gasteiger partial charge on any atom is -0.466 e. The molecule has 0 aromatic carbocycles. The van der Waals surface area contributed by atoms with Crippen LogP contribution in [0.3, 0.4) is 0 Å². The molecule has 0 aliphatic rings. The van der Waals surface area contributed by atoms with Crippen LogP contribution >= 0.6 is 0 Å². The Balaban J connectivity index is 2.29. The van der Waals surface area contributed by atoms with Gasteiger partial charge in [0.15, 0.2) is 0 Å². The average molecular weight is 193 g/mol. The van der Waals surface area contributed by atoms with Gasteiger partial charge in [0.25, 0.3) is 0 Å². The Morgan fingerprint density at radius 1 is 1.71 bits per heavy atom. The zero-order valence-corrected chi connectivity index (χ0v) is 7.80. The maximum absolute atomic E-state index is 10.6. The van der Waals surface area contributed by atoms with Crippen LogP contribution in [0.1, 0.15) is 5.69 Å². The Bertz CT molecular complexity index is 311. The summed E-state index contributed by atoms with van der Waals surface area (Å²) in [6.07, 6.45) is 4.42. The number of nitrogens with zero attached hydrogens (tertiary/aromatic N) is 2. The minimum atomic E-state index is -0.392. The van der Waals surface area contributed by atoms with Crippen LogP contribution < -0.4 is 5.32 Å². The van der Waals surface area contributed by atoms with Gasteiger partial charge in [0.1, 0.15) is 0 Å². The largest absolute Gasteiger partial charge is 0.466 e. The molecule has 0 fully saturated rings. The van der Waals surface area contributed by atoms with Crippen molar-refractivity contribution in [2.45, 2.75) is 6.54 Å². The molecule has 0 saturated heterocycles. The number of methoxy groups -OCH3 is 1. The molecule has 1 aromatic rings. The molecule has 1 rings (SSSR count). The zero-order chi connectivity index (χ0) is 10.2. The minimum absolute atomic E-state index is 0.392. The second kappa shape index (κ2) is 5.69. The van der Waals surface area contributed by atoms with Gasteiger partial charge in [0, 0.05) is 18.5 Å². The van der Waals surface area contributed by atoms with Crippen LogP contribution in [0.25, 0.3) is 0 Å². The van der Waals surface area contributed by atoms with Gasteiger partial charge in [-0.15, -0.1) is 0 Å². The van der Waals surface area contributed by atoms with E-state index in [0.717, 1.165) is 5.69 Å². The van der Waals surface area contributed by atoms with Crippen molar-refractivity contribution >= 4 is 5.97 Å². The van der Waals surface area contributed by atoms with Gasteiger partial charge in [-0.3, -0.25) is 0 Å². The molecule has 14 heavy (non-hydrogen) atoms. The zero-order valence-electron chi connectivity index (χ0n) is 7.80. The second-order valence-electron chi connectivity index (χ2n) is 2.45. The quantitative estimate of drug-likeness (QED) is 0.548. The van der Waals surface area contributed by atoms with Gasteiger partial charge in [0.05, 0.1) is 19.3 Å². The number of carbonyl (C=O) groups excluding carboxylic acids is 1. The van der Waals surface area contributed by atoms with Crippen molar-refractivity contribution in [2.24, 2.45) is 0 Å². The maximum Gasteiger partial charge on any atom is 0.331 e. The SMILES string of the molecule is COC(=O)/C=C/NCc1cccnn1. The van der Waals surface area contributed by atoms with Crippen LogP contribution in [0.2, 0.25) is 0 Å². The van der Waals surface area contributed by atoms with Gasteiger partial charge in [-0.05, 0) is 12.1 Å². The van der Waals surface area contributed by atoms with Gasteiger partial charge >= 0.3 is 5.97 Å². The topological polar surface area (TPSA) is 64.1 Å². The summed E-state index contributed by atoms with van der Waals surface area (Å²) < 4.78 is 4.41. The predicted octanol–water partition coefficient (Wildman–Crippen LogP) is 0.253. The lowest BCUT2D eigenvalue weighted by molar-refractivity contribution is -0.134. The van der Waals surface area contributed by atoms with Crippen molar-refractivity contribution in [1.29, 1.82) is 0 Å². The Morgan fingerprint density at radius 2 is 2.57 bits per heavy atom. The van der Waals surface area contributed by atoms with Crippen molar-refractivity contribution in [3.05, 3.63) is 36.3 Å². The standard InChI is InChI=1S/C9H11N3O2/c1-14-9(13)4-6-10-7-8-3-2-5-11-12-8/h2-6,10H,7H2,1H3/b6-4+. The lowest BCUT2D eigenvalue weighted by Gasteiger charge is -1.97. The van der Waals surface area contributed by atoms with Crippen molar-refractivity contribution in [3.8, 4) is 0 Å². The third-order valence-corrected chi connectivity index (χ3v) is 1.45. The average Bonchev–Trinajstić information content (AvgIpc) is 2.25. The number of hydrogen-bond donors (Lipinski definition) is 1. The first-order valence-electron chi connectivity index (χ1n) is 4.07. The summed E-state index contributed by atoms with van der Waals surface area (Å²) in [5.74, 6) is -0.392. The van der Waals surface area contributed by atoms with Crippen LogP contribution in [0.15, 0.2) is 30.6 Å². The second-order valence-corrected chi connectivity index (χ2v) is 2.45. The van der Waals surface area contributed by atoms with E-state index in [1.165, 1.54) is 19.4 Å². The molecule has 1 N–H and O–H groups in total. The lowest BCUT2D eigenvalue weighted by Crippen LogP contribution is -2.08. The molecule has 5 nitrogen and oxygen atoms in total. The molecule has 0 saturated carbocycles. The van der Waals surface area contributed by atoms with Crippen LogP contribution in [0, 0.1) is 0 Å². The van der Waals surface area contributed by atoms with Crippen LogP contribution in [-0.4, -0.2) is 23.3 Å². The van der Waals surface area contributed by atoms with E-state index in [0.29, 0.717) is 6.54 Å². The smallest absolute Gasteiger partial charge is 0.331 e. The first-order valence-corrected chi connectivity index (χ1v) is 4.07. The van der Waals surface area contributed by atoms with E-state index in [-0.39, 0.29) is 0 Å². The summed E-state index contributed by atoms with van der Waals surface area (Å²) in [7, 11) is 1.33. The number of aromatic nitrogens is 2. The highest BCUT2D eigenvalue weighted by atomic mass is 16.5. The molecular weight excluding hydrogens is 182 g/mol. The third kappa shape index (κ3) is 3.66. The Kier molecular flexibility index (Phi) is 4.13. The molecule has 5 heteroatoms. The van der Waals surface area contributed by atoms with Gasteiger partial charge < -0.3 is 10.1 Å². The number of ether oxygens (including phenoxy) is 1. The van der Waals surface area contributed by atoms with Crippen molar-refractivity contribution in [1.82, 2.24) is 15.5 Å². The van der Waals surface area contributed by atoms with Crippen LogP contribution in [0.4, 0.5) is 0 Å². The molecule has 0 spiro atoms. The Morgan fingerprint density at radius 3 is 3.21 bits per heavy atom.